The molecule has 1 aliphatic carbocycles. The van der Waals surface area contributed by atoms with Gasteiger partial charge in [0.15, 0.2) is 0 Å². The summed E-state index contributed by atoms with van der Waals surface area (Å²) in [4.78, 5) is 0.718. The van der Waals surface area contributed by atoms with Crippen molar-refractivity contribution in [1.29, 1.82) is 0 Å². The van der Waals surface area contributed by atoms with E-state index >= 15 is 0 Å². The monoisotopic (exact) mass is 222 g/mol. The van der Waals surface area contributed by atoms with Crippen molar-refractivity contribution in [3.05, 3.63) is 0 Å². The molecule has 0 aromatic carbocycles. The van der Waals surface area contributed by atoms with Gasteiger partial charge in [-0.1, -0.05) is 6.42 Å². The zero-order chi connectivity index (χ0) is 10.9. The second-order valence-corrected chi connectivity index (χ2v) is 4.50. The summed E-state index contributed by atoms with van der Waals surface area (Å²) in [6, 6.07) is -0.213. The lowest BCUT2D eigenvalue weighted by atomic mass is 10.0. The van der Waals surface area contributed by atoms with Gasteiger partial charge in [0.2, 0.25) is 0 Å². The molecule has 2 fully saturated rings. The molecule has 0 bridgehead atoms. The van der Waals surface area contributed by atoms with Gasteiger partial charge in [0.25, 0.3) is 0 Å². The Hall–Kier alpha value is -0.290. The highest BCUT2D eigenvalue weighted by Crippen LogP contribution is 2.35. The minimum Gasteiger partial charge on any atom is -0.313 e. The molecule has 2 rings (SSSR count). The van der Waals surface area contributed by atoms with Crippen LogP contribution in [0, 0.1) is 0 Å². The summed E-state index contributed by atoms with van der Waals surface area (Å²) in [6.45, 7) is 0.995. The smallest absolute Gasteiger partial charge is 0.313 e. The molecule has 0 aromatic rings. The van der Waals surface area contributed by atoms with E-state index in [-0.39, 0.29) is 18.6 Å². The molecule has 0 spiro atoms. The molecule has 1 saturated carbocycles. The van der Waals surface area contributed by atoms with Crippen molar-refractivity contribution in [2.24, 2.45) is 0 Å². The molecule has 1 N–H and O–H groups in total. The first kappa shape index (κ1) is 11.2. The third-order valence-electron chi connectivity index (χ3n) is 3.14. The van der Waals surface area contributed by atoms with Crippen molar-refractivity contribution >= 4 is 0 Å². The van der Waals surface area contributed by atoms with Gasteiger partial charge < -0.3 is 5.32 Å². The summed E-state index contributed by atoms with van der Waals surface area (Å²) < 4.78 is 38.0. The average Bonchev–Trinajstić information content (AvgIpc) is 2.97. The van der Waals surface area contributed by atoms with Crippen LogP contribution in [0.2, 0.25) is 0 Å². The van der Waals surface area contributed by atoms with Crippen LogP contribution >= 0.6 is 0 Å². The minimum atomic E-state index is -4.15. The third kappa shape index (κ3) is 3.08. The molecule has 15 heavy (non-hydrogen) atoms. The summed E-state index contributed by atoms with van der Waals surface area (Å²) in [6.07, 6.45) is 0.262. The first-order valence-electron chi connectivity index (χ1n) is 5.64. The van der Waals surface area contributed by atoms with Gasteiger partial charge in [-0.05, 0) is 32.2 Å². The van der Waals surface area contributed by atoms with Crippen molar-refractivity contribution in [2.75, 3.05) is 13.1 Å². The molecule has 0 unspecified atom stereocenters. The van der Waals surface area contributed by atoms with E-state index in [1.54, 1.807) is 0 Å². The Morgan fingerprint density at radius 2 is 1.87 bits per heavy atom. The van der Waals surface area contributed by atoms with Gasteiger partial charge in [-0.2, -0.15) is 13.2 Å². The standard InChI is InChI=1S/C10H17F3N2/c11-10(12,13)15(9-4-5-9)7-8-3-1-2-6-14-8/h8-9,14H,1-7H2/t8-/m1/s1. The van der Waals surface area contributed by atoms with Crippen LogP contribution in [-0.4, -0.2) is 36.4 Å². The molecule has 5 heteroatoms. The van der Waals surface area contributed by atoms with E-state index in [1.165, 1.54) is 0 Å². The third-order valence-corrected chi connectivity index (χ3v) is 3.14. The van der Waals surface area contributed by atoms with Crippen molar-refractivity contribution in [1.82, 2.24) is 10.2 Å². The van der Waals surface area contributed by atoms with Crippen LogP contribution in [-0.2, 0) is 0 Å². The Balaban J connectivity index is 1.88. The number of nitrogens with one attached hydrogen (secondary N) is 1. The summed E-state index contributed by atoms with van der Waals surface area (Å²) in [5, 5.41) is 3.16. The van der Waals surface area contributed by atoms with Crippen molar-refractivity contribution in [2.45, 2.75) is 50.5 Å². The molecular weight excluding hydrogens is 205 g/mol. The highest BCUT2D eigenvalue weighted by atomic mass is 19.4. The molecule has 0 radical (unpaired) electrons. The number of hydrogen-bond acceptors (Lipinski definition) is 2. The molecule has 2 aliphatic rings. The maximum absolute atomic E-state index is 12.7. The van der Waals surface area contributed by atoms with E-state index in [2.05, 4.69) is 5.32 Å². The number of hydrogen-bond donors (Lipinski definition) is 1. The fourth-order valence-corrected chi connectivity index (χ4v) is 2.16. The second-order valence-electron chi connectivity index (χ2n) is 4.50. The van der Waals surface area contributed by atoms with Crippen molar-refractivity contribution in [3.8, 4) is 0 Å². The van der Waals surface area contributed by atoms with Crippen molar-refractivity contribution < 1.29 is 13.2 Å². The molecule has 2 nitrogen and oxygen atoms in total. The van der Waals surface area contributed by atoms with Gasteiger partial charge in [0, 0.05) is 18.6 Å². The van der Waals surface area contributed by atoms with Gasteiger partial charge >= 0.3 is 6.30 Å². The Morgan fingerprint density at radius 3 is 2.33 bits per heavy atom. The number of piperidine rings is 1. The summed E-state index contributed by atoms with van der Waals surface area (Å²) in [7, 11) is 0. The van der Waals surface area contributed by atoms with E-state index in [4.69, 9.17) is 0 Å². The average molecular weight is 222 g/mol. The molecule has 0 aromatic heterocycles. The lowest BCUT2D eigenvalue weighted by Crippen LogP contribution is -2.49. The van der Waals surface area contributed by atoms with E-state index < -0.39 is 6.30 Å². The minimum absolute atomic E-state index is 0.0287. The Labute approximate surface area is 87.8 Å². The zero-order valence-corrected chi connectivity index (χ0v) is 8.69. The Kier molecular flexibility index (Phi) is 3.21. The Bertz CT molecular complexity index is 207. The first-order chi connectivity index (χ1) is 7.07. The van der Waals surface area contributed by atoms with E-state index in [9.17, 15) is 13.2 Å². The fraction of sp³-hybridized carbons (Fsp3) is 1.00. The molecule has 1 aliphatic heterocycles. The number of nitrogens with zero attached hydrogens (tertiary/aromatic N) is 1. The number of alkyl halides is 3. The van der Waals surface area contributed by atoms with Gasteiger partial charge in [-0.25, -0.2) is 4.90 Å². The van der Waals surface area contributed by atoms with E-state index in [1.807, 2.05) is 0 Å². The van der Waals surface area contributed by atoms with E-state index in [0.29, 0.717) is 12.8 Å². The molecule has 1 saturated heterocycles. The van der Waals surface area contributed by atoms with Crippen LogP contribution in [0.15, 0.2) is 0 Å². The SMILES string of the molecule is FC(F)(F)N(C[C@H]1CCCCN1)C1CC1. The highest BCUT2D eigenvalue weighted by Gasteiger charge is 2.46. The number of halogens is 3. The van der Waals surface area contributed by atoms with Crippen LogP contribution in [0.4, 0.5) is 13.2 Å². The van der Waals surface area contributed by atoms with Gasteiger partial charge in [-0.15, -0.1) is 0 Å². The second kappa shape index (κ2) is 4.29. The fourth-order valence-electron chi connectivity index (χ4n) is 2.16. The molecular formula is C10H17F3N2. The summed E-state index contributed by atoms with van der Waals surface area (Å²) in [5.41, 5.74) is 0. The topological polar surface area (TPSA) is 15.3 Å². The maximum atomic E-state index is 12.7. The quantitative estimate of drug-likeness (QED) is 0.736. The molecule has 1 heterocycles. The lowest BCUT2D eigenvalue weighted by Gasteiger charge is -2.31. The van der Waals surface area contributed by atoms with Crippen molar-refractivity contribution in [3.63, 3.8) is 0 Å². The molecule has 0 amide bonds. The Morgan fingerprint density at radius 1 is 1.13 bits per heavy atom. The van der Waals surface area contributed by atoms with E-state index in [0.717, 1.165) is 30.7 Å². The predicted molar refractivity (Wildman–Crippen MR) is 51.4 cm³/mol. The summed E-state index contributed by atoms with van der Waals surface area (Å²) >= 11 is 0. The van der Waals surface area contributed by atoms with Crippen LogP contribution in [0.1, 0.15) is 32.1 Å². The normalized spacial score (nSPS) is 28.4. The van der Waals surface area contributed by atoms with Crippen LogP contribution in [0.25, 0.3) is 0 Å². The maximum Gasteiger partial charge on any atom is 0.460 e. The van der Waals surface area contributed by atoms with Crippen LogP contribution in [0.3, 0.4) is 0 Å². The first-order valence-corrected chi connectivity index (χ1v) is 5.64. The van der Waals surface area contributed by atoms with Gasteiger partial charge in [-0.3, -0.25) is 0 Å². The largest absolute Gasteiger partial charge is 0.460 e. The molecule has 88 valence electrons. The van der Waals surface area contributed by atoms with Gasteiger partial charge in [0.1, 0.15) is 0 Å². The van der Waals surface area contributed by atoms with Crippen LogP contribution in [0.5, 0.6) is 0 Å². The lowest BCUT2D eigenvalue weighted by molar-refractivity contribution is -0.251. The number of rotatable bonds is 3. The van der Waals surface area contributed by atoms with Gasteiger partial charge in [0.05, 0.1) is 0 Å². The van der Waals surface area contributed by atoms with Crippen LogP contribution < -0.4 is 5.32 Å². The molecule has 1 atom stereocenters. The highest BCUT2D eigenvalue weighted by molar-refractivity contribution is 4.89. The summed E-state index contributed by atoms with van der Waals surface area (Å²) in [5.74, 6) is 0. The predicted octanol–water partition coefficient (Wildman–Crippen LogP) is 2.11. The zero-order valence-electron chi connectivity index (χ0n) is 8.69.